The first-order chi connectivity index (χ1) is 7.94. The van der Waals surface area contributed by atoms with Gasteiger partial charge in [0.1, 0.15) is 5.78 Å². The molecular formula is C15H22O2. The average molecular weight is 234 g/mol. The SMILES string of the molecule is CC(C)OCCC(=O)C(C)(C)c1ccccc1. The summed E-state index contributed by atoms with van der Waals surface area (Å²) >= 11 is 0. The first kappa shape index (κ1) is 13.9. The van der Waals surface area contributed by atoms with Gasteiger partial charge in [0.05, 0.1) is 12.7 Å². The van der Waals surface area contributed by atoms with E-state index >= 15 is 0 Å². The van der Waals surface area contributed by atoms with E-state index in [9.17, 15) is 4.79 Å². The Morgan fingerprint density at radius 2 is 1.82 bits per heavy atom. The van der Waals surface area contributed by atoms with Crippen LogP contribution < -0.4 is 0 Å². The molecule has 94 valence electrons. The normalized spacial score (nSPS) is 11.8. The molecule has 0 radical (unpaired) electrons. The van der Waals surface area contributed by atoms with E-state index in [1.54, 1.807) is 0 Å². The largest absolute Gasteiger partial charge is 0.378 e. The van der Waals surface area contributed by atoms with Crippen molar-refractivity contribution in [2.75, 3.05) is 6.61 Å². The molecule has 2 heteroatoms. The van der Waals surface area contributed by atoms with Gasteiger partial charge in [-0.25, -0.2) is 0 Å². The molecule has 0 unspecified atom stereocenters. The first-order valence-corrected chi connectivity index (χ1v) is 6.15. The van der Waals surface area contributed by atoms with Crippen LogP contribution >= 0.6 is 0 Å². The second-order valence-corrected chi connectivity index (χ2v) is 5.08. The maximum absolute atomic E-state index is 12.2. The molecule has 0 aliphatic carbocycles. The van der Waals surface area contributed by atoms with E-state index in [4.69, 9.17) is 4.74 Å². The van der Waals surface area contributed by atoms with Crippen molar-refractivity contribution in [2.24, 2.45) is 0 Å². The zero-order valence-electron chi connectivity index (χ0n) is 11.2. The fourth-order valence-electron chi connectivity index (χ4n) is 1.72. The summed E-state index contributed by atoms with van der Waals surface area (Å²) in [7, 11) is 0. The molecule has 17 heavy (non-hydrogen) atoms. The Morgan fingerprint density at radius 1 is 1.24 bits per heavy atom. The Hall–Kier alpha value is -1.15. The van der Waals surface area contributed by atoms with Gasteiger partial charge in [-0.3, -0.25) is 4.79 Å². The van der Waals surface area contributed by atoms with Gasteiger partial charge in [0.15, 0.2) is 0 Å². The maximum atomic E-state index is 12.2. The van der Waals surface area contributed by atoms with Crippen LogP contribution in [0.25, 0.3) is 0 Å². The van der Waals surface area contributed by atoms with Crippen LogP contribution in [-0.2, 0) is 14.9 Å². The summed E-state index contributed by atoms with van der Waals surface area (Å²) in [6.45, 7) is 8.41. The molecule has 1 aromatic rings. The highest BCUT2D eigenvalue weighted by Crippen LogP contribution is 2.25. The van der Waals surface area contributed by atoms with Crippen LogP contribution in [0.15, 0.2) is 30.3 Å². The summed E-state index contributed by atoms with van der Waals surface area (Å²) in [5.74, 6) is 0.226. The lowest BCUT2D eigenvalue weighted by molar-refractivity contribution is -0.124. The van der Waals surface area contributed by atoms with Crippen molar-refractivity contribution in [1.29, 1.82) is 0 Å². The molecule has 2 nitrogen and oxygen atoms in total. The fourth-order valence-corrected chi connectivity index (χ4v) is 1.72. The van der Waals surface area contributed by atoms with Gasteiger partial charge < -0.3 is 4.74 Å². The predicted octanol–water partition coefficient (Wildman–Crippen LogP) is 3.35. The summed E-state index contributed by atoms with van der Waals surface area (Å²) in [5.41, 5.74) is 0.635. The topological polar surface area (TPSA) is 26.3 Å². The molecule has 1 aromatic carbocycles. The van der Waals surface area contributed by atoms with Crippen LogP contribution in [0.5, 0.6) is 0 Å². The van der Waals surface area contributed by atoms with Gasteiger partial charge >= 0.3 is 0 Å². The smallest absolute Gasteiger partial charge is 0.145 e. The highest BCUT2D eigenvalue weighted by Gasteiger charge is 2.28. The summed E-state index contributed by atoms with van der Waals surface area (Å²) < 4.78 is 5.42. The standard InChI is InChI=1S/C15H22O2/c1-12(2)17-11-10-14(16)15(3,4)13-8-6-5-7-9-13/h5-9,12H,10-11H2,1-4H3. The zero-order valence-corrected chi connectivity index (χ0v) is 11.2. The minimum atomic E-state index is -0.429. The van der Waals surface area contributed by atoms with Gasteiger partial charge in [-0.15, -0.1) is 0 Å². The van der Waals surface area contributed by atoms with Crippen molar-refractivity contribution in [3.05, 3.63) is 35.9 Å². The average Bonchev–Trinajstić information content (AvgIpc) is 2.29. The highest BCUT2D eigenvalue weighted by atomic mass is 16.5. The van der Waals surface area contributed by atoms with Crippen molar-refractivity contribution < 1.29 is 9.53 Å². The molecular weight excluding hydrogens is 212 g/mol. The van der Waals surface area contributed by atoms with Crippen LogP contribution in [0.4, 0.5) is 0 Å². The molecule has 0 aromatic heterocycles. The Bertz CT molecular complexity index is 352. The molecule has 0 aliphatic rings. The number of hydrogen-bond donors (Lipinski definition) is 0. The predicted molar refractivity (Wildman–Crippen MR) is 70.2 cm³/mol. The zero-order chi connectivity index (χ0) is 12.9. The quantitative estimate of drug-likeness (QED) is 0.754. The summed E-state index contributed by atoms with van der Waals surface area (Å²) in [6, 6.07) is 9.90. The Labute approximate surface area is 104 Å². The summed E-state index contributed by atoms with van der Waals surface area (Å²) in [5, 5.41) is 0. The number of hydrogen-bond acceptors (Lipinski definition) is 2. The number of carbonyl (C=O) groups excluding carboxylic acids is 1. The molecule has 0 saturated carbocycles. The van der Waals surface area contributed by atoms with Crippen LogP contribution in [0.2, 0.25) is 0 Å². The summed E-state index contributed by atoms with van der Waals surface area (Å²) in [6.07, 6.45) is 0.655. The van der Waals surface area contributed by atoms with Crippen LogP contribution in [0.1, 0.15) is 39.7 Å². The van der Waals surface area contributed by atoms with E-state index < -0.39 is 5.41 Å². The molecule has 0 N–H and O–H groups in total. The molecule has 0 spiro atoms. The fraction of sp³-hybridized carbons (Fsp3) is 0.533. The van der Waals surface area contributed by atoms with E-state index in [-0.39, 0.29) is 11.9 Å². The monoisotopic (exact) mass is 234 g/mol. The third-order valence-electron chi connectivity index (χ3n) is 2.97. The number of rotatable bonds is 6. The minimum absolute atomic E-state index is 0.183. The van der Waals surface area contributed by atoms with Gasteiger partial charge in [-0.1, -0.05) is 30.3 Å². The first-order valence-electron chi connectivity index (χ1n) is 6.15. The van der Waals surface area contributed by atoms with Crippen molar-refractivity contribution in [2.45, 2.75) is 45.6 Å². The Kier molecular flexibility index (Phi) is 4.88. The number of Topliss-reactive ketones (excluding diaryl/α,β-unsaturated/α-hetero) is 1. The molecule has 0 bridgehead atoms. The van der Waals surface area contributed by atoms with Crippen molar-refractivity contribution >= 4 is 5.78 Å². The van der Waals surface area contributed by atoms with E-state index in [1.807, 2.05) is 58.0 Å². The van der Waals surface area contributed by atoms with Crippen LogP contribution in [-0.4, -0.2) is 18.5 Å². The van der Waals surface area contributed by atoms with E-state index in [0.29, 0.717) is 13.0 Å². The maximum Gasteiger partial charge on any atom is 0.145 e. The molecule has 0 saturated heterocycles. The van der Waals surface area contributed by atoms with Gasteiger partial charge in [0.25, 0.3) is 0 Å². The third kappa shape index (κ3) is 3.97. The van der Waals surface area contributed by atoms with Gasteiger partial charge in [0.2, 0.25) is 0 Å². The third-order valence-corrected chi connectivity index (χ3v) is 2.97. The second-order valence-electron chi connectivity index (χ2n) is 5.08. The van der Waals surface area contributed by atoms with E-state index in [0.717, 1.165) is 5.56 Å². The van der Waals surface area contributed by atoms with Crippen molar-refractivity contribution in [3.63, 3.8) is 0 Å². The lowest BCUT2D eigenvalue weighted by Crippen LogP contribution is -2.30. The van der Waals surface area contributed by atoms with E-state index in [1.165, 1.54) is 0 Å². The van der Waals surface area contributed by atoms with Crippen molar-refractivity contribution in [1.82, 2.24) is 0 Å². The van der Waals surface area contributed by atoms with Crippen LogP contribution in [0.3, 0.4) is 0 Å². The number of benzene rings is 1. The van der Waals surface area contributed by atoms with Gasteiger partial charge in [-0.05, 0) is 33.3 Å². The van der Waals surface area contributed by atoms with E-state index in [2.05, 4.69) is 0 Å². The minimum Gasteiger partial charge on any atom is -0.378 e. The van der Waals surface area contributed by atoms with Gasteiger partial charge in [-0.2, -0.15) is 0 Å². The molecule has 0 fully saturated rings. The Balaban J connectivity index is 2.61. The molecule has 0 heterocycles. The van der Waals surface area contributed by atoms with Crippen molar-refractivity contribution in [3.8, 4) is 0 Å². The molecule has 0 atom stereocenters. The lowest BCUT2D eigenvalue weighted by Gasteiger charge is -2.23. The highest BCUT2D eigenvalue weighted by molar-refractivity contribution is 5.89. The lowest BCUT2D eigenvalue weighted by atomic mass is 9.79. The Morgan fingerprint density at radius 3 is 2.35 bits per heavy atom. The number of ether oxygens (including phenoxy) is 1. The van der Waals surface area contributed by atoms with Gasteiger partial charge in [0, 0.05) is 11.8 Å². The summed E-state index contributed by atoms with van der Waals surface area (Å²) in [4.78, 5) is 12.2. The molecule has 0 amide bonds. The second kappa shape index (κ2) is 5.97. The molecule has 0 aliphatic heterocycles. The number of ketones is 1. The molecule has 1 rings (SSSR count). The number of carbonyl (C=O) groups is 1. The van der Waals surface area contributed by atoms with Crippen LogP contribution in [0, 0.1) is 0 Å².